The average molecular weight is 574 g/mol. The van der Waals surface area contributed by atoms with Gasteiger partial charge in [-0.2, -0.15) is 13.5 Å². The topological polar surface area (TPSA) is 138 Å². The van der Waals surface area contributed by atoms with Gasteiger partial charge in [0, 0.05) is 10.4 Å². The van der Waals surface area contributed by atoms with Crippen LogP contribution in [0.3, 0.4) is 0 Å². The van der Waals surface area contributed by atoms with Crippen LogP contribution in [0.1, 0.15) is 22.8 Å². The molecule has 3 N–H and O–H groups in total. The fourth-order valence-electron chi connectivity index (χ4n) is 3.82. The van der Waals surface area contributed by atoms with E-state index in [1.807, 2.05) is 0 Å². The van der Waals surface area contributed by atoms with E-state index in [4.69, 9.17) is 27.9 Å². The van der Waals surface area contributed by atoms with Gasteiger partial charge in [-0.3, -0.25) is 9.35 Å². The lowest BCUT2D eigenvalue weighted by Crippen LogP contribution is -2.13. The molecule has 0 spiro atoms. The van der Waals surface area contributed by atoms with Gasteiger partial charge in [-0.05, 0) is 53.8 Å². The number of amides is 1. The summed E-state index contributed by atoms with van der Waals surface area (Å²) in [6.45, 7) is 1.81. The van der Waals surface area contributed by atoms with Crippen LogP contribution in [0.15, 0.2) is 75.8 Å². The molecule has 12 heteroatoms. The van der Waals surface area contributed by atoms with Crippen molar-refractivity contribution in [2.45, 2.75) is 18.2 Å². The van der Waals surface area contributed by atoms with E-state index in [1.165, 1.54) is 25.3 Å². The Balaban J connectivity index is 1.84. The predicted molar refractivity (Wildman–Crippen MR) is 146 cm³/mol. The molecule has 4 aromatic rings. The second kappa shape index (κ2) is 11.0. The molecule has 196 valence electrons. The Kier molecular flexibility index (Phi) is 7.89. The Labute approximate surface area is 228 Å². The number of carbonyl (C=O) groups is 1. The Hall–Kier alpha value is -3.70. The number of aryl methyl sites for hydroxylation is 1. The van der Waals surface area contributed by atoms with Crippen molar-refractivity contribution in [3.05, 3.63) is 81.8 Å². The summed E-state index contributed by atoms with van der Waals surface area (Å²) in [6, 6.07) is 15.6. The number of methoxy groups -OCH3 is 1. The molecule has 0 aromatic heterocycles. The number of carbonyl (C=O) groups excluding carboxylic acids is 1. The van der Waals surface area contributed by atoms with Gasteiger partial charge in [0.15, 0.2) is 5.75 Å². The lowest BCUT2D eigenvalue weighted by Gasteiger charge is -2.13. The number of anilines is 1. The Morgan fingerprint density at radius 1 is 1.05 bits per heavy atom. The molecule has 38 heavy (non-hydrogen) atoms. The number of nitrogens with zero attached hydrogens (tertiary/aromatic N) is 2. The highest BCUT2D eigenvalue weighted by Crippen LogP contribution is 2.41. The van der Waals surface area contributed by atoms with Crippen LogP contribution in [0, 0.1) is 0 Å². The highest BCUT2D eigenvalue weighted by atomic mass is 35.5. The normalized spacial score (nSPS) is 11.7. The van der Waals surface area contributed by atoms with Gasteiger partial charge in [0.25, 0.3) is 16.0 Å². The van der Waals surface area contributed by atoms with Crippen LogP contribution in [0.25, 0.3) is 10.8 Å². The summed E-state index contributed by atoms with van der Waals surface area (Å²) in [5.74, 6) is -0.736. The summed E-state index contributed by atoms with van der Waals surface area (Å²) >= 11 is 12.1. The fraction of sp³-hybridized carbons (Fsp3) is 0.115. The van der Waals surface area contributed by atoms with Crippen molar-refractivity contribution in [1.29, 1.82) is 0 Å². The first-order chi connectivity index (χ1) is 18.0. The van der Waals surface area contributed by atoms with Gasteiger partial charge in [0.1, 0.15) is 16.3 Å². The van der Waals surface area contributed by atoms with Crippen LogP contribution in [0.4, 0.5) is 17.1 Å². The standard InChI is InChI=1S/C26H21Cl2N3O6S/c1-3-14-11-19(28)23(38(34,35)36)13-20(14)30-31-24-17-7-5-4-6-15(17)10-18(25(24)32)26(33)29-21-12-16(27)8-9-22(21)37-2/h4-13,32H,3H2,1-2H3,(H,29,33)(H,34,35,36). The third-order valence-corrected chi connectivity index (χ3v) is 7.25. The van der Waals surface area contributed by atoms with E-state index in [0.29, 0.717) is 39.2 Å². The lowest BCUT2D eigenvalue weighted by atomic mass is 10.0. The average Bonchev–Trinajstić information content (AvgIpc) is 2.87. The van der Waals surface area contributed by atoms with Gasteiger partial charge in [0.05, 0.1) is 29.1 Å². The first-order valence-electron chi connectivity index (χ1n) is 11.1. The van der Waals surface area contributed by atoms with Crippen molar-refractivity contribution < 1.29 is 27.6 Å². The summed E-state index contributed by atoms with van der Waals surface area (Å²) in [6.07, 6.45) is 0.427. The van der Waals surface area contributed by atoms with Crippen molar-refractivity contribution in [1.82, 2.24) is 0 Å². The number of benzene rings is 4. The maximum atomic E-state index is 13.2. The van der Waals surface area contributed by atoms with Crippen LogP contribution < -0.4 is 10.1 Å². The molecular weight excluding hydrogens is 553 g/mol. The second-order valence-electron chi connectivity index (χ2n) is 8.08. The van der Waals surface area contributed by atoms with Crippen molar-refractivity contribution in [2.75, 3.05) is 12.4 Å². The lowest BCUT2D eigenvalue weighted by molar-refractivity contribution is 0.102. The minimum Gasteiger partial charge on any atom is -0.505 e. The summed E-state index contributed by atoms with van der Waals surface area (Å²) in [7, 11) is -3.17. The summed E-state index contributed by atoms with van der Waals surface area (Å²) in [4.78, 5) is 12.7. The number of hydrogen-bond donors (Lipinski definition) is 3. The predicted octanol–water partition coefficient (Wildman–Crippen LogP) is 7.34. The molecule has 0 aliphatic carbocycles. The maximum absolute atomic E-state index is 13.2. The van der Waals surface area contributed by atoms with Gasteiger partial charge >= 0.3 is 0 Å². The third-order valence-electron chi connectivity index (χ3n) is 5.70. The molecule has 4 aromatic carbocycles. The SMILES string of the molecule is CCc1cc(Cl)c(S(=O)(=O)O)cc1N=Nc1c(O)c(C(=O)Nc2cc(Cl)ccc2OC)cc2ccccc12. The largest absolute Gasteiger partial charge is 0.505 e. The number of azo groups is 1. The van der Waals surface area contributed by atoms with Gasteiger partial charge < -0.3 is 15.2 Å². The van der Waals surface area contributed by atoms with Crippen LogP contribution in [0.2, 0.25) is 10.0 Å². The van der Waals surface area contributed by atoms with E-state index in [1.54, 1.807) is 43.3 Å². The Morgan fingerprint density at radius 3 is 2.47 bits per heavy atom. The molecule has 0 saturated heterocycles. The van der Waals surface area contributed by atoms with Gasteiger partial charge in [-0.1, -0.05) is 54.4 Å². The maximum Gasteiger partial charge on any atom is 0.296 e. The minimum absolute atomic E-state index is 0.0169. The number of nitrogens with one attached hydrogen (secondary N) is 1. The van der Waals surface area contributed by atoms with Crippen LogP contribution in [-0.2, 0) is 16.5 Å². The third kappa shape index (κ3) is 5.58. The van der Waals surface area contributed by atoms with E-state index < -0.39 is 26.7 Å². The van der Waals surface area contributed by atoms with Crippen molar-refractivity contribution >= 4 is 67.1 Å². The molecule has 0 aliphatic heterocycles. The number of halogens is 2. The Bertz CT molecular complexity index is 1710. The molecule has 0 bridgehead atoms. The number of phenolic OH excluding ortho intramolecular Hbond substituents is 1. The zero-order chi connectivity index (χ0) is 27.6. The second-order valence-corrected chi connectivity index (χ2v) is 10.3. The smallest absolute Gasteiger partial charge is 0.296 e. The van der Waals surface area contributed by atoms with Crippen LogP contribution in [0.5, 0.6) is 11.5 Å². The number of rotatable bonds is 7. The molecule has 0 unspecified atom stereocenters. The van der Waals surface area contributed by atoms with E-state index in [-0.39, 0.29) is 22.0 Å². The van der Waals surface area contributed by atoms with Gasteiger partial charge in [-0.25, -0.2) is 0 Å². The van der Waals surface area contributed by atoms with Crippen LogP contribution >= 0.6 is 23.2 Å². The van der Waals surface area contributed by atoms with Crippen molar-refractivity contribution in [3.63, 3.8) is 0 Å². The molecule has 0 fully saturated rings. The first kappa shape index (κ1) is 27.3. The molecule has 1 amide bonds. The number of phenols is 1. The number of hydrogen-bond acceptors (Lipinski definition) is 7. The molecule has 0 radical (unpaired) electrons. The summed E-state index contributed by atoms with van der Waals surface area (Å²) in [5.41, 5.74) is 0.859. The molecule has 0 aliphatic rings. The zero-order valence-corrected chi connectivity index (χ0v) is 22.4. The number of aromatic hydroxyl groups is 1. The van der Waals surface area contributed by atoms with E-state index in [9.17, 15) is 22.9 Å². The highest BCUT2D eigenvalue weighted by Gasteiger charge is 2.21. The number of fused-ring (bicyclic) bond motifs is 1. The molecule has 9 nitrogen and oxygen atoms in total. The van der Waals surface area contributed by atoms with E-state index >= 15 is 0 Å². The van der Waals surface area contributed by atoms with E-state index in [0.717, 1.165) is 6.07 Å². The van der Waals surface area contributed by atoms with Gasteiger partial charge in [0.2, 0.25) is 0 Å². The monoisotopic (exact) mass is 573 g/mol. The summed E-state index contributed by atoms with van der Waals surface area (Å²) < 4.78 is 38.3. The molecular formula is C26H21Cl2N3O6S. The summed E-state index contributed by atoms with van der Waals surface area (Å²) in [5, 5.41) is 23.5. The van der Waals surface area contributed by atoms with Crippen molar-refractivity contribution in [3.8, 4) is 11.5 Å². The quantitative estimate of drug-likeness (QED) is 0.156. The van der Waals surface area contributed by atoms with E-state index in [2.05, 4.69) is 15.5 Å². The molecule has 4 rings (SSSR count). The van der Waals surface area contributed by atoms with Gasteiger partial charge in [-0.15, -0.1) is 5.11 Å². The Morgan fingerprint density at radius 2 is 1.79 bits per heavy atom. The molecule has 0 heterocycles. The van der Waals surface area contributed by atoms with Crippen LogP contribution in [-0.4, -0.2) is 31.1 Å². The molecule has 0 atom stereocenters. The fourth-order valence-corrected chi connectivity index (χ4v) is 5.04. The number of ether oxygens (including phenoxy) is 1. The minimum atomic E-state index is -4.62. The zero-order valence-electron chi connectivity index (χ0n) is 20.1. The molecule has 0 saturated carbocycles. The highest BCUT2D eigenvalue weighted by molar-refractivity contribution is 7.86. The van der Waals surface area contributed by atoms with Crippen molar-refractivity contribution in [2.24, 2.45) is 10.2 Å². The first-order valence-corrected chi connectivity index (χ1v) is 13.3.